The molecule has 2 rings (SSSR count). The molecular weight excluding hydrogens is 327 g/mol. The minimum Gasteiger partial charge on any atom is -0.462 e. The fourth-order valence-corrected chi connectivity index (χ4v) is 2.40. The van der Waals surface area contributed by atoms with E-state index in [0.29, 0.717) is 0 Å². The Bertz CT molecular complexity index is 770. The Morgan fingerprint density at radius 1 is 1.43 bits per heavy atom. The number of rotatable bonds is 2. The Balaban J connectivity index is 2.68. The minimum atomic E-state index is -4.57. The van der Waals surface area contributed by atoms with E-state index in [-0.39, 0.29) is 27.6 Å². The molecular formula is C13H9ClF3NO2S. The maximum atomic E-state index is 12.8. The third-order valence-corrected chi connectivity index (χ3v) is 3.52. The van der Waals surface area contributed by atoms with Crippen LogP contribution in [0.3, 0.4) is 0 Å². The Morgan fingerprint density at radius 2 is 2.10 bits per heavy atom. The van der Waals surface area contributed by atoms with Crippen molar-refractivity contribution in [1.29, 1.82) is 0 Å². The fourth-order valence-electron chi connectivity index (χ4n) is 1.82. The number of pyridine rings is 1. The summed E-state index contributed by atoms with van der Waals surface area (Å²) in [5.41, 5.74) is -0.744. The Hall–Kier alpha value is -1.60. The first-order chi connectivity index (χ1) is 9.75. The standard InChI is InChI=1S/C13H9ClF3NO2S/c1-2-20-12(19)7-5-18-10-4-8(13(15,16)17)9(14)3-6(10)11(7)21/h3-5H,2H2,1H3,(H,18,21). The quantitative estimate of drug-likeness (QED) is 0.636. The number of esters is 1. The van der Waals surface area contributed by atoms with Crippen LogP contribution in [0, 0.1) is 4.51 Å². The molecule has 0 aliphatic rings. The van der Waals surface area contributed by atoms with Crippen molar-refractivity contribution in [3.63, 3.8) is 0 Å². The van der Waals surface area contributed by atoms with Crippen molar-refractivity contribution in [1.82, 2.24) is 4.98 Å². The highest BCUT2D eigenvalue weighted by Crippen LogP contribution is 2.37. The van der Waals surface area contributed by atoms with Crippen molar-refractivity contribution < 1.29 is 22.7 Å². The maximum absolute atomic E-state index is 12.8. The average molecular weight is 336 g/mol. The highest BCUT2D eigenvalue weighted by molar-refractivity contribution is 7.71. The van der Waals surface area contributed by atoms with Crippen molar-refractivity contribution in [3.05, 3.63) is 39.0 Å². The molecule has 0 unspecified atom stereocenters. The van der Waals surface area contributed by atoms with E-state index < -0.39 is 22.7 Å². The average Bonchev–Trinajstić information content (AvgIpc) is 2.38. The third kappa shape index (κ3) is 3.03. The molecule has 112 valence electrons. The lowest BCUT2D eigenvalue weighted by atomic mass is 10.1. The van der Waals surface area contributed by atoms with Gasteiger partial charge >= 0.3 is 12.1 Å². The zero-order valence-corrected chi connectivity index (χ0v) is 12.2. The van der Waals surface area contributed by atoms with E-state index in [9.17, 15) is 18.0 Å². The first kappa shape index (κ1) is 15.8. The molecule has 0 atom stereocenters. The molecule has 1 heterocycles. The molecule has 1 aromatic heterocycles. The maximum Gasteiger partial charge on any atom is 0.417 e. The Kier molecular flexibility index (Phi) is 4.25. The number of aromatic amines is 1. The zero-order valence-electron chi connectivity index (χ0n) is 10.7. The van der Waals surface area contributed by atoms with E-state index >= 15 is 0 Å². The summed E-state index contributed by atoms with van der Waals surface area (Å²) in [5, 5.41) is -0.218. The van der Waals surface area contributed by atoms with Gasteiger partial charge in [0, 0.05) is 17.1 Å². The second kappa shape index (κ2) is 5.65. The van der Waals surface area contributed by atoms with E-state index in [4.69, 9.17) is 28.6 Å². The van der Waals surface area contributed by atoms with Gasteiger partial charge in [-0.25, -0.2) is 4.79 Å². The lowest BCUT2D eigenvalue weighted by Gasteiger charge is -2.11. The number of ether oxygens (including phenoxy) is 1. The molecule has 0 aliphatic carbocycles. The first-order valence-corrected chi connectivity index (χ1v) is 6.63. The second-order valence-electron chi connectivity index (χ2n) is 4.13. The van der Waals surface area contributed by atoms with Crippen LogP contribution in [0.5, 0.6) is 0 Å². The molecule has 0 amide bonds. The van der Waals surface area contributed by atoms with Crippen LogP contribution in [0.1, 0.15) is 22.8 Å². The van der Waals surface area contributed by atoms with Crippen LogP contribution in [0.4, 0.5) is 13.2 Å². The normalized spacial score (nSPS) is 11.7. The molecule has 1 aromatic carbocycles. The number of carbonyl (C=O) groups is 1. The van der Waals surface area contributed by atoms with Crippen LogP contribution in [0.25, 0.3) is 10.9 Å². The summed E-state index contributed by atoms with van der Waals surface area (Å²) in [6.45, 7) is 1.80. The number of hydrogen-bond acceptors (Lipinski definition) is 3. The predicted molar refractivity (Wildman–Crippen MR) is 75.1 cm³/mol. The number of fused-ring (bicyclic) bond motifs is 1. The molecule has 3 nitrogen and oxygen atoms in total. The molecule has 0 saturated heterocycles. The summed E-state index contributed by atoms with van der Waals surface area (Å²) in [6, 6.07) is 1.96. The van der Waals surface area contributed by atoms with Crippen LogP contribution in [-0.2, 0) is 10.9 Å². The van der Waals surface area contributed by atoms with Crippen molar-refractivity contribution in [2.45, 2.75) is 13.1 Å². The molecule has 0 fully saturated rings. The molecule has 0 spiro atoms. The van der Waals surface area contributed by atoms with Gasteiger partial charge in [0.15, 0.2) is 0 Å². The van der Waals surface area contributed by atoms with Crippen molar-refractivity contribution in [2.24, 2.45) is 0 Å². The SMILES string of the molecule is CCOC(=O)c1c[nH]c2cc(C(F)(F)F)c(Cl)cc2c1=S. The molecule has 0 bridgehead atoms. The molecule has 0 saturated carbocycles. The summed E-state index contributed by atoms with van der Waals surface area (Å²) >= 11 is 10.8. The van der Waals surface area contributed by atoms with Crippen molar-refractivity contribution in [3.8, 4) is 0 Å². The van der Waals surface area contributed by atoms with Gasteiger partial charge in [0.25, 0.3) is 0 Å². The molecule has 0 radical (unpaired) electrons. The van der Waals surface area contributed by atoms with Crippen LogP contribution < -0.4 is 0 Å². The third-order valence-electron chi connectivity index (χ3n) is 2.77. The van der Waals surface area contributed by atoms with E-state index in [1.807, 2.05) is 0 Å². The van der Waals surface area contributed by atoms with Gasteiger partial charge in [0.05, 0.1) is 27.3 Å². The molecule has 2 aromatic rings. The van der Waals surface area contributed by atoms with Gasteiger partial charge in [-0.15, -0.1) is 0 Å². The van der Waals surface area contributed by atoms with Gasteiger partial charge in [-0.1, -0.05) is 23.8 Å². The smallest absolute Gasteiger partial charge is 0.417 e. The summed E-state index contributed by atoms with van der Waals surface area (Å²) in [6.07, 6.45) is -3.34. The Morgan fingerprint density at radius 3 is 2.67 bits per heavy atom. The Labute approximate surface area is 127 Å². The van der Waals surface area contributed by atoms with Crippen molar-refractivity contribution in [2.75, 3.05) is 6.61 Å². The van der Waals surface area contributed by atoms with E-state index in [1.54, 1.807) is 6.92 Å². The fraction of sp³-hybridized carbons (Fsp3) is 0.231. The summed E-state index contributed by atoms with van der Waals surface area (Å²) < 4.78 is 43.3. The molecule has 21 heavy (non-hydrogen) atoms. The van der Waals surface area contributed by atoms with E-state index in [0.717, 1.165) is 12.1 Å². The predicted octanol–water partition coefficient (Wildman–Crippen LogP) is 4.75. The zero-order chi connectivity index (χ0) is 15.8. The first-order valence-electron chi connectivity index (χ1n) is 5.85. The number of H-pyrrole nitrogens is 1. The number of aromatic nitrogens is 1. The number of alkyl halides is 3. The van der Waals surface area contributed by atoms with Gasteiger partial charge in [-0.3, -0.25) is 0 Å². The van der Waals surface area contributed by atoms with Gasteiger partial charge in [0.1, 0.15) is 0 Å². The van der Waals surface area contributed by atoms with Gasteiger partial charge in [-0.05, 0) is 19.1 Å². The summed E-state index contributed by atoms with van der Waals surface area (Å²) in [7, 11) is 0. The van der Waals surface area contributed by atoms with Crippen LogP contribution in [0.15, 0.2) is 18.3 Å². The minimum absolute atomic E-state index is 0.0789. The monoisotopic (exact) mass is 335 g/mol. The highest BCUT2D eigenvalue weighted by atomic mass is 35.5. The number of nitrogens with one attached hydrogen (secondary N) is 1. The highest BCUT2D eigenvalue weighted by Gasteiger charge is 2.33. The summed E-state index contributed by atoms with van der Waals surface area (Å²) in [5.74, 6) is -0.642. The van der Waals surface area contributed by atoms with Crippen LogP contribution in [0.2, 0.25) is 5.02 Å². The van der Waals surface area contributed by atoms with E-state index in [1.165, 1.54) is 6.20 Å². The lowest BCUT2D eigenvalue weighted by Crippen LogP contribution is -2.08. The van der Waals surface area contributed by atoms with Crippen LogP contribution >= 0.6 is 23.8 Å². The van der Waals surface area contributed by atoms with Gasteiger partial charge in [-0.2, -0.15) is 13.2 Å². The van der Waals surface area contributed by atoms with Crippen molar-refractivity contribution >= 4 is 40.7 Å². The molecule has 0 aliphatic heterocycles. The largest absolute Gasteiger partial charge is 0.462 e. The molecule has 8 heteroatoms. The van der Waals surface area contributed by atoms with Crippen LogP contribution in [-0.4, -0.2) is 17.6 Å². The topological polar surface area (TPSA) is 42.1 Å². The number of halogens is 4. The summed E-state index contributed by atoms with van der Waals surface area (Å²) in [4.78, 5) is 14.3. The number of carbonyl (C=O) groups excluding carboxylic acids is 1. The molecule has 1 N–H and O–H groups in total. The second-order valence-corrected chi connectivity index (χ2v) is 4.94. The number of hydrogen-bond donors (Lipinski definition) is 1. The lowest BCUT2D eigenvalue weighted by molar-refractivity contribution is -0.137. The van der Waals surface area contributed by atoms with E-state index in [2.05, 4.69) is 4.98 Å². The van der Waals surface area contributed by atoms with Gasteiger partial charge in [0.2, 0.25) is 0 Å². The number of benzene rings is 1. The van der Waals surface area contributed by atoms with Gasteiger partial charge < -0.3 is 9.72 Å².